The van der Waals surface area contributed by atoms with Crippen LogP contribution in [0.1, 0.15) is 15.9 Å². The van der Waals surface area contributed by atoms with E-state index in [1.165, 1.54) is 4.90 Å². The Morgan fingerprint density at radius 2 is 1.86 bits per heavy atom. The Balaban J connectivity index is 1.61. The number of halogens is 1. The summed E-state index contributed by atoms with van der Waals surface area (Å²) in [6.45, 7) is 1.40. The van der Waals surface area contributed by atoms with Crippen molar-refractivity contribution >= 4 is 17.5 Å². The van der Waals surface area contributed by atoms with Crippen LogP contribution in [0, 0.1) is 6.92 Å². The predicted molar refractivity (Wildman–Crippen MR) is 105 cm³/mol. The van der Waals surface area contributed by atoms with Crippen LogP contribution >= 0.6 is 0 Å². The first-order valence-corrected chi connectivity index (χ1v) is 9.16. The molecular weight excluding hydrogens is 379 g/mol. The number of ether oxygens (including phenoxy) is 2. The number of likely N-dealkylation sites (tertiary alicyclic amines) is 1. The molecule has 0 spiro atoms. The summed E-state index contributed by atoms with van der Waals surface area (Å²) in [5.41, 5.74) is 1.54. The Bertz CT molecular complexity index is 877. The lowest BCUT2D eigenvalue weighted by atomic mass is 10.1. The number of amides is 2. The average Bonchev–Trinajstić information content (AvgIpc) is 3.06. The fourth-order valence-electron chi connectivity index (χ4n) is 2.99. The number of rotatable bonds is 6. The molecule has 2 N–H and O–H groups in total. The van der Waals surface area contributed by atoms with Crippen molar-refractivity contribution in [1.29, 1.82) is 0 Å². The van der Waals surface area contributed by atoms with Crippen LogP contribution in [0.5, 0.6) is 11.5 Å². The number of aliphatic hydroxyl groups is 1. The number of aliphatic hydroxyl groups excluding tert-OH is 1. The SMILES string of the molecule is COc1ccc(OCC(=O)Nc2cc(C(=O)N3C[C@@H](O)[C@H](F)C3)ccc2C)cc1. The summed E-state index contributed by atoms with van der Waals surface area (Å²) in [6, 6.07) is 11.7. The highest BCUT2D eigenvalue weighted by Crippen LogP contribution is 2.22. The molecule has 2 aromatic carbocycles. The van der Waals surface area contributed by atoms with Crippen molar-refractivity contribution < 1.29 is 28.6 Å². The van der Waals surface area contributed by atoms with Crippen LogP contribution in [0.25, 0.3) is 0 Å². The number of hydrogen-bond donors (Lipinski definition) is 2. The molecule has 7 nitrogen and oxygen atoms in total. The average molecular weight is 402 g/mol. The van der Waals surface area contributed by atoms with Crippen molar-refractivity contribution in [3.63, 3.8) is 0 Å². The summed E-state index contributed by atoms with van der Waals surface area (Å²) in [7, 11) is 1.56. The lowest BCUT2D eigenvalue weighted by molar-refractivity contribution is -0.118. The van der Waals surface area contributed by atoms with Crippen LogP contribution in [-0.2, 0) is 4.79 Å². The number of methoxy groups -OCH3 is 1. The van der Waals surface area contributed by atoms with E-state index in [1.807, 2.05) is 0 Å². The summed E-state index contributed by atoms with van der Waals surface area (Å²) in [6.07, 6.45) is -2.61. The molecule has 1 aliphatic heterocycles. The quantitative estimate of drug-likeness (QED) is 0.773. The second kappa shape index (κ2) is 8.91. The van der Waals surface area contributed by atoms with E-state index >= 15 is 0 Å². The molecule has 1 saturated heterocycles. The molecule has 0 bridgehead atoms. The van der Waals surface area contributed by atoms with Gasteiger partial charge in [-0.2, -0.15) is 0 Å². The van der Waals surface area contributed by atoms with E-state index in [1.54, 1.807) is 56.5 Å². The van der Waals surface area contributed by atoms with Crippen molar-refractivity contribution in [3.8, 4) is 11.5 Å². The highest BCUT2D eigenvalue weighted by Gasteiger charge is 2.34. The molecule has 1 heterocycles. The Kier molecular flexibility index (Phi) is 6.33. The van der Waals surface area contributed by atoms with Gasteiger partial charge in [-0.25, -0.2) is 4.39 Å². The third kappa shape index (κ3) is 5.03. The van der Waals surface area contributed by atoms with Gasteiger partial charge in [-0.1, -0.05) is 6.07 Å². The second-order valence-corrected chi connectivity index (χ2v) is 6.84. The van der Waals surface area contributed by atoms with E-state index in [-0.39, 0.29) is 25.6 Å². The van der Waals surface area contributed by atoms with E-state index in [2.05, 4.69) is 5.32 Å². The zero-order valence-electron chi connectivity index (χ0n) is 16.2. The van der Waals surface area contributed by atoms with Crippen molar-refractivity contribution in [2.75, 3.05) is 32.1 Å². The standard InChI is InChI=1S/C21H23FN2O5/c1-13-3-4-14(21(27)24-10-17(22)19(25)11-24)9-18(13)23-20(26)12-29-16-7-5-15(28-2)6-8-16/h3-9,17,19,25H,10-12H2,1-2H3,(H,23,26)/t17-,19-/m1/s1. The summed E-state index contributed by atoms with van der Waals surface area (Å²) >= 11 is 0. The van der Waals surface area contributed by atoms with Crippen LogP contribution in [-0.4, -0.2) is 60.9 Å². The third-order valence-corrected chi connectivity index (χ3v) is 4.69. The number of nitrogens with one attached hydrogen (secondary N) is 1. The van der Waals surface area contributed by atoms with Crippen molar-refractivity contribution in [2.24, 2.45) is 0 Å². The highest BCUT2D eigenvalue weighted by molar-refractivity contribution is 5.98. The minimum absolute atomic E-state index is 0.0503. The van der Waals surface area contributed by atoms with Crippen molar-refractivity contribution in [2.45, 2.75) is 19.2 Å². The molecular formula is C21H23FN2O5. The maximum absolute atomic E-state index is 13.5. The molecule has 0 saturated carbocycles. The van der Waals surface area contributed by atoms with Gasteiger partial charge >= 0.3 is 0 Å². The summed E-state index contributed by atoms with van der Waals surface area (Å²) in [4.78, 5) is 26.1. The Labute approximate surface area is 168 Å². The zero-order chi connectivity index (χ0) is 21.0. The lowest BCUT2D eigenvalue weighted by Crippen LogP contribution is -2.30. The van der Waals surface area contributed by atoms with Crippen LogP contribution < -0.4 is 14.8 Å². The molecule has 29 heavy (non-hydrogen) atoms. The Morgan fingerprint density at radius 1 is 1.17 bits per heavy atom. The molecule has 3 rings (SSSR count). The first kappa shape index (κ1) is 20.6. The molecule has 1 aliphatic rings. The van der Waals surface area contributed by atoms with Gasteiger partial charge in [0, 0.05) is 17.8 Å². The maximum Gasteiger partial charge on any atom is 0.262 e. The number of anilines is 1. The Morgan fingerprint density at radius 3 is 2.48 bits per heavy atom. The first-order valence-electron chi connectivity index (χ1n) is 9.16. The smallest absolute Gasteiger partial charge is 0.262 e. The number of alkyl halides is 1. The topological polar surface area (TPSA) is 88.1 Å². The molecule has 0 aliphatic carbocycles. The molecule has 154 valence electrons. The summed E-state index contributed by atoms with van der Waals surface area (Å²) in [5, 5.41) is 12.2. The zero-order valence-corrected chi connectivity index (χ0v) is 16.2. The van der Waals surface area contributed by atoms with Crippen LogP contribution in [0.4, 0.5) is 10.1 Å². The van der Waals surface area contributed by atoms with Gasteiger partial charge in [-0.3, -0.25) is 9.59 Å². The van der Waals surface area contributed by atoms with Gasteiger partial charge in [-0.15, -0.1) is 0 Å². The number of aryl methyl sites for hydroxylation is 1. The molecule has 0 unspecified atom stereocenters. The molecule has 0 radical (unpaired) electrons. The fourth-order valence-corrected chi connectivity index (χ4v) is 2.99. The van der Waals surface area contributed by atoms with E-state index in [4.69, 9.17) is 9.47 Å². The first-order chi connectivity index (χ1) is 13.9. The highest BCUT2D eigenvalue weighted by atomic mass is 19.1. The number of carbonyl (C=O) groups is 2. The minimum atomic E-state index is -1.45. The van der Waals surface area contributed by atoms with Gasteiger partial charge in [0.25, 0.3) is 11.8 Å². The molecule has 1 fully saturated rings. The van der Waals surface area contributed by atoms with Gasteiger partial charge in [-0.05, 0) is 48.9 Å². The molecule has 2 amide bonds. The molecule has 0 aromatic heterocycles. The Hall–Kier alpha value is -3.13. The normalized spacial score (nSPS) is 18.4. The number of hydrogen-bond acceptors (Lipinski definition) is 5. The van der Waals surface area contributed by atoms with E-state index in [0.29, 0.717) is 22.7 Å². The largest absolute Gasteiger partial charge is 0.497 e. The maximum atomic E-state index is 13.5. The number of nitrogens with zero attached hydrogens (tertiary/aromatic N) is 1. The number of carbonyl (C=O) groups excluding carboxylic acids is 2. The summed E-state index contributed by atoms with van der Waals surface area (Å²) < 4.78 is 24.0. The van der Waals surface area contributed by atoms with Crippen molar-refractivity contribution in [1.82, 2.24) is 4.90 Å². The van der Waals surface area contributed by atoms with E-state index in [9.17, 15) is 19.1 Å². The van der Waals surface area contributed by atoms with E-state index < -0.39 is 18.2 Å². The van der Waals surface area contributed by atoms with Gasteiger partial charge in [0.2, 0.25) is 0 Å². The number of benzene rings is 2. The van der Waals surface area contributed by atoms with Gasteiger partial charge < -0.3 is 24.8 Å². The van der Waals surface area contributed by atoms with Gasteiger partial charge in [0.05, 0.1) is 13.7 Å². The van der Waals surface area contributed by atoms with Gasteiger partial charge in [0.1, 0.15) is 23.8 Å². The third-order valence-electron chi connectivity index (χ3n) is 4.69. The predicted octanol–water partition coefficient (Wildman–Crippen LogP) is 2.18. The fraction of sp³-hybridized carbons (Fsp3) is 0.333. The monoisotopic (exact) mass is 402 g/mol. The molecule has 8 heteroatoms. The molecule has 2 aromatic rings. The summed E-state index contributed by atoms with van der Waals surface area (Å²) in [5.74, 6) is 0.432. The second-order valence-electron chi connectivity index (χ2n) is 6.84. The van der Waals surface area contributed by atoms with Crippen LogP contribution in [0.15, 0.2) is 42.5 Å². The number of β-amino-alcohol motifs (C(OH)–C–C–N with tert-alkyl or cyclic N) is 1. The van der Waals surface area contributed by atoms with Gasteiger partial charge in [0.15, 0.2) is 6.61 Å². The van der Waals surface area contributed by atoms with E-state index in [0.717, 1.165) is 5.56 Å². The minimum Gasteiger partial charge on any atom is -0.497 e. The van der Waals surface area contributed by atoms with Crippen LogP contribution in [0.3, 0.4) is 0 Å². The lowest BCUT2D eigenvalue weighted by Gasteiger charge is -2.17. The van der Waals surface area contributed by atoms with Crippen molar-refractivity contribution in [3.05, 3.63) is 53.6 Å². The van der Waals surface area contributed by atoms with Crippen LogP contribution in [0.2, 0.25) is 0 Å². The molecule has 2 atom stereocenters.